The highest BCUT2D eigenvalue weighted by Gasteiger charge is 2.24. The molecule has 3 rings (SSSR count). The molecule has 0 bridgehead atoms. The standard InChI is InChI=1S/C20H29N3O2S2/c1-5-7-10-22(4)16(24)12-26-20-21-18-17(19(25)23(20)6-2)14-9-8-13(3)11-15(14)27-18/h13H,5-12H2,1-4H3/t13-/m0/s1. The van der Waals surface area contributed by atoms with E-state index in [-0.39, 0.29) is 11.5 Å². The van der Waals surface area contributed by atoms with Crippen molar-refractivity contribution in [3.8, 4) is 0 Å². The van der Waals surface area contributed by atoms with Crippen LogP contribution in [0.4, 0.5) is 0 Å². The second-order valence-corrected chi connectivity index (χ2v) is 9.46. The lowest BCUT2D eigenvalue weighted by atomic mass is 9.89. The smallest absolute Gasteiger partial charge is 0.263 e. The van der Waals surface area contributed by atoms with Gasteiger partial charge >= 0.3 is 0 Å². The van der Waals surface area contributed by atoms with Crippen molar-refractivity contribution in [3.63, 3.8) is 0 Å². The van der Waals surface area contributed by atoms with Crippen LogP contribution >= 0.6 is 23.1 Å². The van der Waals surface area contributed by atoms with E-state index < -0.39 is 0 Å². The van der Waals surface area contributed by atoms with Gasteiger partial charge in [0.05, 0.1) is 11.1 Å². The summed E-state index contributed by atoms with van der Waals surface area (Å²) in [6, 6.07) is 0. The monoisotopic (exact) mass is 407 g/mol. The van der Waals surface area contributed by atoms with Crippen LogP contribution in [0.2, 0.25) is 0 Å². The van der Waals surface area contributed by atoms with Crippen molar-refractivity contribution in [1.82, 2.24) is 14.5 Å². The van der Waals surface area contributed by atoms with Crippen LogP contribution < -0.4 is 5.56 Å². The van der Waals surface area contributed by atoms with Gasteiger partial charge in [-0.1, -0.05) is 32.0 Å². The van der Waals surface area contributed by atoms with Gasteiger partial charge in [0, 0.05) is 25.0 Å². The molecule has 148 valence electrons. The molecule has 2 heterocycles. The molecular formula is C20H29N3O2S2. The van der Waals surface area contributed by atoms with Crippen LogP contribution in [0.3, 0.4) is 0 Å². The van der Waals surface area contributed by atoms with Crippen LogP contribution in [0.5, 0.6) is 0 Å². The van der Waals surface area contributed by atoms with Gasteiger partial charge in [-0.2, -0.15) is 0 Å². The maximum absolute atomic E-state index is 13.1. The molecule has 7 heteroatoms. The highest BCUT2D eigenvalue weighted by molar-refractivity contribution is 7.99. The average molecular weight is 408 g/mol. The minimum atomic E-state index is 0.0591. The highest BCUT2D eigenvalue weighted by atomic mass is 32.2. The molecule has 0 aliphatic heterocycles. The Labute approximate surface area is 169 Å². The molecule has 0 unspecified atom stereocenters. The zero-order valence-corrected chi connectivity index (χ0v) is 18.3. The lowest BCUT2D eigenvalue weighted by molar-refractivity contribution is -0.127. The summed E-state index contributed by atoms with van der Waals surface area (Å²) in [4.78, 5) is 34.2. The molecule has 1 aliphatic carbocycles. The fourth-order valence-electron chi connectivity index (χ4n) is 3.55. The van der Waals surface area contributed by atoms with E-state index in [2.05, 4.69) is 13.8 Å². The van der Waals surface area contributed by atoms with E-state index >= 15 is 0 Å². The molecule has 27 heavy (non-hydrogen) atoms. The van der Waals surface area contributed by atoms with E-state index in [1.165, 1.54) is 22.2 Å². The first-order valence-corrected chi connectivity index (χ1v) is 11.7. The number of hydrogen-bond acceptors (Lipinski definition) is 5. The lowest BCUT2D eigenvalue weighted by Crippen LogP contribution is -2.30. The summed E-state index contributed by atoms with van der Waals surface area (Å²) in [7, 11) is 1.84. The topological polar surface area (TPSA) is 55.2 Å². The largest absolute Gasteiger partial charge is 0.345 e. The Hall–Kier alpha value is -1.34. The van der Waals surface area contributed by atoms with Crippen molar-refractivity contribution in [2.24, 2.45) is 5.92 Å². The molecule has 1 atom stereocenters. The second-order valence-electron chi connectivity index (χ2n) is 7.43. The average Bonchev–Trinajstić information content (AvgIpc) is 3.01. The Balaban J connectivity index is 1.88. The van der Waals surface area contributed by atoms with Gasteiger partial charge in [-0.15, -0.1) is 11.3 Å². The minimum absolute atomic E-state index is 0.0591. The van der Waals surface area contributed by atoms with Crippen molar-refractivity contribution >= 4 is 39.2 Å². The zero-order chi connectivity index (χ0) is 19.6. The van der Waals surface area contributed by atoms with Gasteiger partial charge < -0.3 is 4.90 Å². The van der Waals surface area contributed by atoms with Crippen LogP contribution in [0.15, 0.2) is 9.95 Å². The molecule has 0 spiro atoms. The Morgan fingerprint density at radius 3 is 2.89 bits per heavy atom. The quantitative estimate of drug-likeness (QED) is 0.515. The SMILES string of the molecule is CCCCN(C)C(=O)CSc1nc2sc3c(c2c(=O)n1CC)CC[C@H](C)C3. The molecule has 1 amide bonds. The third-order valence-corrected chi connectivity index (χ3v) is 7.40. The van der Waals surface area contributed by atoms with Crippen molar-refractivity contribution in [3.05, 3.63) is 20.8 Å². The summed E-state index contributed by atoms with van der Waals surface area (Å²) in [6.45, 7) is 7.71. The van der Waals surface area contributed by atoms with E-state index in [1.54, 1.807) is 20.8 Å². The number of carbonyl (C=O) groups excluding carboxylic acids is 1. The zero-order valence-electron chi connectivity index (χ0n) is 16.7. The van der Waals surface area contributed by atoms with Gasteiger partial charge in [0.15, 0.2) is 5.16 Å². The molecule has 0 saturated carbocycles. The Morgan fingerprint density at radius 2 is 2.19 bits per heavy atom. The predicted octanol–water partition coefficient (Wildman–Crippen LogP) is 3.95. The number of hydrogen-bond donors (Lipinski definition) is 0. The van der Waals surface area contributed by atoms with Crippen LogP contribution in [0, 0.1) is 5.92 Å². The number of amides is 1. The number of thioether (sulfide) groups is 1. The second kappa shape index (κ2) is 8.78. The van der Waals surface area contributed by atoms with Gasteiger partial charge in [-0.3, -0.25) is 14.2 Å². The van der Waals surface area contributed by atoms with E-state index in [4.69, 9.17) is 4.98 Å². The molecule has 0 aromatic carbocycles. The fourth-order valence-corrected chi connectivity index (χ4v) is 5.98. The number of fused-ring (bicyclic) bond motifs is 3. The molecule has 0 saturated heterocycles. The molecule has 0 N–H and O–H groups in total. The summed E-state index contributed by atoms with van der Waals surface area (Å²) in [5.74, 6) is 1.08. The normalized spacial score (nSPS) is 16.5. The van der Waals surface area contributed by atoms with E-state index in [0.717, 1.165) is 48.9 Å². The van der Waals surface area contributed by atoms with Crippen LogP contribution in [0.1, 0.15) is 50.5 Å². The summed E-state index contributed by atoms with van der Waals surface area (Å²) in [5.41, 5.74) is 1.28. The van der Waals surface area contributed by atoms with E-state index in [0.29, 0.717) is 23.4 Å². The van der Waals surface area contributed by atoms with Crippen LogP contribution in [-0.4, -0.2) is 39.7 Å². The van der Waals surface area contributed by atoms with Gasteiger partial charge in [0.2, 0.25) is 5.91 Å². The fraction of sp³-hybridized carbons (Fsp3) is 0.650. The number of aromatic nitrogens is 2. The van der Waals surface area contributed by atoms with E-state index in [1.807, 2.05) is 14.0 Å². The number of thiophene rings is 1. The Bertz CT molecular complexity index is 887. The number of aryl methyl sites for hydroxylation is 1. The third-order valence-electron chi connectivity index (χ3n) is 5.29. The number of carbonyl (C=O) groups is 1. The maximum atomic E-state index is 13.1. The molecule has 2 aromatic rings. The van der Waals surface area contributed by atoms with Gasteiger partial charge in [-0.25, -0.2) is 4.98 Å². The Morgan fingerprint density at radius 1 is 1.41 bits per heavy atom. The summed E-state index contributed by atoms with van der Waals surface area (Å²) >= 11 is 3.05. The predicted molar refractivity (Wildman–Crippen MR) is 114 cm³/mol. The summed E-state index contributed by atoms with van der Waals surface area (Å²) < 4.78 is 1.73. The molecule has 2 aromatic heterocycles. The van der Waals surface area contributed by atoms with Gasteiger partial charge in [0.1, 0.15) is 4.83 Å². The maximum Gasteiger partial charge on any atom is 0.263 e. The number of unbranched alkanes of at least 4 members (excludes halogenated alkanes) is 1. The molecule has 5 nitrogen and oxygen atoms in total. The first-order chi connectivity index (χ1) is 13.0. The van der Waals surface area contributed by atoms with Crippen molar-refractivity contribution < 1.29 is 4.79 Å². The number of rotatable bonds is 7. The van der Waals surface area contributed by atoms with Crippen LogP contribution in [0.25, 0.3) is 10.2 Å². The highest BCUT2D eigenvalue weighted by Crippen LogP contribution is 2.36. The number of nitrogens with zero attached hydrogens (tertiary/aromatic N) is 3. The summed E-state index contributed by atoms with van der Waals surface area (Å²) in [5, 5.41) is 1.48. The Kier molecular flexibility index (Phi) is 6.63. The van der Waals surface area contributed by atoms with Crippen LogP contribution in [-0.2, 0) is 24.2 Å². The minimum Gasteiger partial charge on any atom is -0.345 e. The summed E-state index contributed by atoms with van der Waals surface area (Å²) in [6.07, 6.45) is 5.24. The van der Waals surface area contributed by atoms with Crippen molar-refractivity contribution in [2.75, 3.05) is 19.3 Å². The molecule has 0 fully saturated rings. The lowest BCUT2D eigenvalue weighted by Gasteiger charge is -2.18. The molecular weight excluding hydrogens is 378 g/mol. The van der Waals surface area contributed by atoms with Crippen molar-refractivity contribution in [2.45, 2.75) is 64.6 Å². The first kappa shape index (κ1) is 20.4. The van der Waals surface area contributed by atoms with E-state index in [9.17, 15) is 9.59 Å². The van der Waals surface area contributed by atoms with Gasteiger partial charge in [0.25, 0.3) is 5.56 Å². The van der Waals surface area contributed by atoms with Gasteiger partial charge in [-0.05, 0) is 44.1 Å². The molecule has 1 aliphatic rings. The molecule has 0 radical (unpaired) electrons. The first-order valence-electron chi connectivity index (χ1n) is 9.88. The third kappa shape index (κ3) is 4.24. The van der Waals surface area contributed by atoms with Crippen molar-refractivity contribution in [1.29, 1.82) is 0 Å².